The number of pyridine rings is 1. The molecule has 2 aliphatic heterocycles. The minimum atomic E-state index is -5.08. The number of hydrogen-bond acceptors (Lipinski definition) is 6. The molecule has 1 aromatic heterocycles. The van der Waals surface area contributed by atoms with Gasteiger partial charge in [0.15, 0.2) is 0 Å². The average molecular weight is 471 g/mol. The number of aliphatic carboxylic acids is 1. The summed E-state index contributed by atoms with van der Waals surface area (Å²) in [6, 6.07) is 11.8. The number of aromatic nitrogens is 1. The second-order valence-corrected chi connectivity index (χ2v) is 7.40. The highest BCUT2D eigenvalue weighted by atomic mass is 19.4. The van der Waals surface area contributed by atoms with E-state index in [0.29, 0.717) is 38.5 Å². The summed E-state index contributed by atoms with van der Waals surface area (Å²) in [6.07, 6.45) is -3.34. The number of amides is 1. The first-order chi connectivity index (χ1) is 15.6. The third-order valence-corrected chi connectivity index (χ3v) is 4.93. The number of anilines is 2. The van der Waals surface area contributed by atoms with Gasteiger partial charge in [-0.15, -0.1) is 0 Å². The lowest BCUT2D eigenvalue weighted by atomic mass is 10.0. The van der Waals surface area contributed by atoms with Crippen LogP contribution in [-0.2, 0) is 19.1 Å². The molecule has 2 aromatic rings. The molecule has 0 radical (unpaired) electrons. The Labute approximate surface area is 186 Å². The van der Waals surface area contributed by atoms with E-state index in [0.717, 1.165) is 5.82 Å². The Morgan fingerprint density at radius 3 is 2.55 bits per heavy atom. The van der Waals surface area contributed by atoms with E-state index < -0.39 is 17.7 Å². The summed E-state index contributed by atoms with van der Waals surface area (Å²) in [4.78, 5) is 29.4. The number of halogens is 4. The molecule has 8 nitrogen and oxygen atoms in total. The van der Waals surface area contributed by atoms with Crippen LogP contribution in [0.2, 0.25) is 0 Å². The molecule has 1 N–H and O–H groups in total. The van der Waals surface area contributed by atoms with E-state index in [9.17, 15) is 22.4 Å². The highest BCUT2D eigenvalue weighted by Crippen LogP contribution is 2.28. The summed E-state index contributed by atoms with van der Waals surface area (Å²) < 4.78 is 57.1. The minimum Gasteiger partial charge on any atom is -0.475 e. The van der Waals surface area contributed by atoms with Crippen molar-refractivity contribution in [2.75, 3.05) is 49.3 Å². The van der Waals surface area contributed by atoms with Crippen molar-refractivity contribution < 1.29 is 41.7 Å². The van der Waals surface area contributed by atoms with Crippen LogP contribution in [-0.4, -0.2) is 73.2 Å². The molecule has 12 heteroatoms. The van der Waals surface area contributed by atoms with Crippen LogP contribution < -0.4 is 9.80 Å². The number of morpholine rings is 1. The maximum atomic E-state index is 13.6. The van der Waals surface area contributed by atoms with Gasteiger partial charge in [0.05, 0.1) is 26.3 Å². The molecule has 3 heterocycles. The zero-order valence-corrected chi connectivity index (χ0v) is 17.3. The standard InChI is InChI=1S/C19H20FN3O3.C2HF3O2/c20-15-4-3-5-16(10-15)23-13-19(26-11-18(23)24)12-22(8-9-25-14-19)17-6-1-2-7-21-17;3-2(4,5)1(6)7/h1-7,10H,8-9,11-14H2;(H,6,7). The molecular formula is C21H21F4N3O5. The van der Waals surface area contributed by atoms with Gasteiger partial charge in [0.25, 0.3) is 5.91 Å². The van der Waals surface area contributed by atoms with Gasteiger partial charge in [-0.2, -0.15) is 13.2 Å². The fourth-order valence-electron chi connectivity index (χ4n) is 3.42. The third kappa shape index (κ3) is 6.39. The van der Waals surface area contributed by atoms with Gasteiger partial charge in [-0.1, -0.05) is 12.1 Å². The maximum Gasteiger partial charge on any atom is 0.490 e. The lowest BCUT2D eigenvalue weighted by Gasteiger charge is -2.43. The smallest absolute Gasteiger partial charge is 0.475 e. The largest absolute Gasteiger partial charge is 0.490 e. The predicted octanol–water partition coefficient (Wildman–Crippen LogP) is 2.49. The SMILES string of the molecule is O=C(O)C(F)(F)F.O=C1COC2(COCCN(c3ccccn3)C2)CN1c1cccc(F)c1. The van der Waals surface area contributed by atoms with Gasteiger partial charge in [0, 0.05) is 18.4 Å². The van der Waals surface area contributed by atoms with E-state index in [4.69, 9.17) is 19.4 Å². The fourth-order valence-corrected chi connectivity index (χ4v) is 3.42. The van der Waals surface area contributed by atoms with Crippen LogP contribution in [0.1, 0.15) is 0 Å². The topological polar surface area (TPSA) is 92.2 Å². The molecule has 4 rings (SSSR count). The van der Waals surface area contributed by atoms with Gasteiger partial charge in [0.2, 0.25) is 0 Å². The number of benzene rings is 1. The summed E-state index contributed by atoms with van der Waals surface area (Å²) in [7, 11) is 0. The molecule has 0 bridgehead atoms. The van der Waals surface area contributed by atoms with E-state index in [1.807, 2.05) is 18.2 Å². The predicted molar refractivity (Wildman–Crippen MR) is 108 cm³/mol. The first-order valence-electron chi connectivity index (χ1n) is 9.83. The van der Waals surface area contributed by atoms with Crippen molar-refractivity contribution >= 4 is 23.4 Å². The molecule has 33 heavy (non-hydrogen) atoms. The Bertz CT molecular complexity index is 976. The first kappa shape index (κ1) is 24.4. The first-order valence-corrected chi connectivity index (χ1v) is 9.83. The monoisotopic (exact) mass is 471 g/mol. The molecule has 1 aromatic carbocycles. The summed E-state index contributed by atoms with van der Waals surface area (Å²) in [5.41, 5.74) is -0.153. The van der Waals surface area contributed by atoms with Crippen molar-refractivity contribution in [1.82, 2.24) is 4.98 Å². The quantitative estimate of drug-likeness (QED) is 0.673. The normalized spacial score (nSPS) is 21.3. The van der Waals surface area contributed by atoms with Gasteiger partial charge in [-0.05, 0) is 30.3 Å². The summed E-state index contributed by atoms with van der Waals surface area (Å²) in [5, 5.41) is 7.12. The van der Waals surface area contributed by atoms with E-state index in [2.05, 4.69) is 9.88 Å². The van der Waals surface area contributed by atoms with Crippen LogP contribution in [0.3, 0.4) is 0 Å². The number of carbonyl (C=O) groups is 2. The zero-order chi connectivity index (χ0) is 24.1. The highest BCUT2D eigenvalue weighted by molar-refractivity contribution is 5.95. The summed E-state index contributed by atoms with van der Waals surface area (Å²) in [5.74, 6) is -2.47. The second kappa shape index (κ2) is 10.1. The molecule has 178 valence electrons. The Balaban J connectivity index is 0.000000383. The van der Waals surface area contributed by atoms with Crippen molar-refractivity contribution in [1.29, 1.82) is 0 Å². The number of carboxylic acids is 1. The van der Waals surface area contributed by atoms with Gasteiger partial charge in [-0.3, -0.25) is 4.79 Å². The van der Waals surface area contributed by atoms with Crippen molar-refractivity contribution in [2.24, 2.45) is 0 Å². The summed E-state index contributed by atoms with van der Waals surface area (Å²) >= 11 is 0. The number of nitrogens with zero attached hydrogens (tertiary/aromatic N) is 3. The van der Waals surface area contributed by atoms with E-state index in [-0.39, 0.29) is 18.3 Å². The van der Waals surface area contributed by atoms with Crippen LogP contribution >= 0.6 is 0 Å². The lowest BCUT2D eigenvalue weighted by Crippen LogP contribution is -2.61. The van der Waals surface area contributed by atoms with Crippen molar-refractivity contribution in [2.45, 2.75) is 11.8 Å². The third-order valence-electron chi connectivity index (χ3n) is 4.93. The number of hydrogen-bond donors (Lipinski definition) is 1. The molecule has 2 fully saturated rings. The van der Waals surface area contributed by atoms with E-state index in [1.54, 1.807) is 23.2 Å². The average Bonchev–Trinajstić information content (AvgIpc) is 2.99. The van der Waals surface area contributed by atoms with Gasteiger partial charge in [-0.25, -0.2) is 14.2 Å². The number of rotatable bonds is 2. The Kier molecular flexibility index (Phi) is 7.49. The molecule has 1 unspecified atom stereocenters. The Morgan fingerprint density at radius 1 is 1.15 bits per heavy atom. The van der Waals surface area contributed by atoms with Crippen LogP contribution in [0, 0.1) is 5.82 Å². The molecule has 0 saturated carbocycles. The van der Waals surface area contributed by atoms with Crippen molar-refractivity contribution in [3.8, 4) is 0 Å². The number of carbonyl (C=O) groups excluding carboxylic acids is 1. The Morgan fingerprint density at radius 2 is 1.91 bits per heavy atom. The van der Waals surface area contributed by atoms with E-state index in [1.165, 1.54) is 12.1 Å². The highest BCUT2D eigenvalue weighted by Gasteiger charge is 2.43. The van der Waals surface area contributed by atoms with Gasteiger partial charge in [0.1, 0.15) is 23.8 Å². The van der Waals surface area contributed by atoms with Crippen molar-refractivity contribution in [3.05, 3.63) is 54.5 Å². The fraction of sp³-hybridized carbons (Fsp3) is 0.381. The van der Waals surface area contributed by atoms with Crippen LogP contribution in [0.25, 0.3) is 0 Å². The summed E-state index contributed by atoms with van der Waals surface area (Å²) in [6.45, 7) is 2.40. The van der Waals surface area contributed by atoms with Crippen LogP contribution in [0.5, 0.6) is 0 Å². The number of ether oxygens (including phenoxy) is 2. The van der Waals surface area contributed by atoms with Crippen LogP contribution in [0.4, 0.5) is 29.1 Å². The molecule has 1 atom stereocenters. The number of alkyl halides is 3. The lowest BCUT2D eigenvalue weighted by molar-refractivity contribution is -0.192. The molecule has 2 aliphatic rings. The minimum absolute atomic E-state index is 0.0596. The van der Waals surface area contributed by atoms with Crippen molar-refractivity contribution in [3.63, 3.8) is 0 Å². The number of carboxylic acid groups (broad SMARTS) is 1. The molecule has 2 saturated heterocycles. The molecule has 1 spiro atoms. The molecule has 1 amide bonds. The van der Waals surface area contributed by atoms with Gasteiger partial charge >= 0.3 is 12.1 Å². The van der Waals surface area contributed by atoms with Crippen LogP contribution in [0.15, 0.2) is 48.7 Å². The second-order valence-electron chi connectivity index (χ2n) is 7.40. The molecular weight excluding hydrogens is 450 g/mol. The molecule has 0 aliphatic carbocycles. The zero-order valence-electron chi connectivity index (χ0n) is 17.3. The van der Waals surface area contributed by atoms with E-state index >= 15 is 0 Å². The van der Waals surface area contributed by atoms with Gasteiger partial charge < -0.3 is 24.4 Å². The Hall–Kier alpha value is -3.25. The maximum absolute atomic E-state index is 13.6.